The number of piperidine rings is 1. The summed E-state index contributed by atoms with van der Waals surface area (Å²) in [6, 6.07) is 4.00. The molecule has 0 spiro atoms. The maximum absolute atomic E-state index is 12.4. The van der Waals surface area contributed by atoms with Crippen molar-refractivity contribution in [1.82, 2.24) is 4.90 Å². The third kappa shape index (κ3) is 1.82. The number of likely N-dealkylation sites (N-methyl/N-ethyl adjacent to an activating group) is 1. The summed E-state index contributed by atoms with van der Waals surface area (Å²) in [5.41, 5.74) is 2.52. The van der Waals surface area contributed by atoms with Gasteiger partial charge < -0.3 is 14.6 Å². The van der Waals surface area contributed by atoms with Crippen molar-refractivity contribution in [2.75, 3.05) is 27.8 Å². The molecule has 1 aliphatic heterocycles. The Labute approximate surface area is 141 Å². The third-order valence-corrected chi connectivity index (χ3v) is 5.70. The van der Waals surface area contributed by atoms with Crippen LogP contribution >= 0.6 is 0 Å². The molecule has 1 unspecified atom stereocenters. The maximum atomic E-state index is 12.4. The van der Waals surface area contributed by atoms with Gasteiger partial charge in [-0.25, -0.2) is 0 Å². The lowest BCUT2D eigenvalue weighted by molar-refractivity contribution is -0.114. The zero-order valence-corrected chi connectivity index (χ0v) is 14.1. The minimum absolute atomic E-state index is 0.103. The number of phenols is 1. The smallest absolute Gasteiger partial charge is 0.220 e. The van der Waals surface area contributed by atoms with Crippen LogP contribution in [0.25, 0.3) is 0 Å². The molecule has 4 rings (SSSR count). The van der Waals surface area contributed by atoms with Gasteiger partial charge in [-0.3, -0.25) is 9.69 Å². The van der Waals surface area contributed by atoms with Crippen LogP contribution in [0.4, 0.5) is 0 Å². The highest BCUT2D eigenvalue weighted by atomic mass is 16.5. The van der Waals surface area contributed by atoms with Gasteiger partial charge in [0, 0.05) is 17.0 Å². The Morgan fingerprint density at radius 3 is 2.79 bits per heavy atom. The molecule has 3 aliphatic rings. The van der Waals surface area contributed by atoms with E-state index in [2.05, 4.69) is 11.9 Å². The molecule has 5 heteroatoms. The zero-order chi connectivity index (χ0) is 17.1. The van der Waals surface area contributed by atoms with E-state index in [1.165, 1.54) is 7.11 Å². The Hall–Kier alpha value is -2.27. The lowest BCUT2D eigenvalue weighted by Crippen LogP contribution is -2.54. The average molecular weight is 327 g/mol. The number of nitrogens with zero attached hydrogens (tertiary/aromatic N) is 1. The molecular weight excluding hydrogens is 306 g/mol. The van der Waals surface area contributed by atoms with E-state index in [1.807, 2.05) is 18.2 Å². The summed E-state index contributed by atoms with van der Waals surface area (Å²) in [5, 5.41) is 10.9. The number of fused-ring (bicyclic) bond motifs is 1. The molecule has 0 aromatic heterocycles. The van der Waals surface area contributed by atoms with Crippen LogP contribution in [0.2, 0.25) is 0 Å². The molecule has 0 saturated carbocycles. The first-order valence-corrected chi connectivity index (χ1v) is 8.14. The van der Waals surface area contributed by atoms with E-state index >= 15 is 0 Å². The monoisotopic (exact) mass is 327 g/mol. The van der Waals surface area contributed by atoms with Crippen molar-refractivity contribution in [2.24, 2.45) is 0 Å². The standard InChI is InChI=1S/C19H21NO4/c1-20-7-6-19-10-16(24-3)14(21)9-12(19)13(20)8-11-4-5-15(23-2)18(22)17(11)19/h4-5,9-10,13,22H,6-8H2,1-3H3/t13?,19-/m1/s1. The molecule has 5 nitrogen and oxygen atoms in total. The molecule has 1 saturated heterocycles. The van der Waals surface area contributed by atoms with E-state index in [9.17, 15) is 9.90 Å². The molecule has 1 aromatic rings. The number of phenolic OH excluding ortho intramolecular Hbond substituents is 1. The number of benzene rings is 1. The number of carbonyl (C=O) groups is 1. The maximum Gasteiger partial charge on any atom is 0.220 e. The van der Waals surface area contributed by atoms with Crippen LogP contribution in [0.5, 0.6) is 11.5 Å². The second kappa shape index (κ2) is 5.11. The summed E-state index contributed by atoms with van der Waals surface area (Å²) in [5.74, 6) is 0.875. The molecule has 0 radical (unpaired) electrons. The SMILES string of the molecule is COC1=C[C@@]23CCN(C)C(Cc4ccc(OC)c(O)c42)C3=CC1=O. The van der Waals surface area contributed by atoms with E-state index in [0.29, 0.717) is 11.5 Å². The second-order valence-electron chi connectivity index (χ2n) is 6.75. The van der Waals surface area contributed by atoms with Crippen LogP contribution in [-0.4, -0.2) is 49.6 Å². The number of likely N-dealkylation sites (tertiary alicyclic amines) is 1. The number of ether oxygens (including phenoxy) is 2. The molecule has 1 fully saturated rings. The number of allylic oxidation sites excluding steroid dienone is 2. The van der Waals surface area contributed by atoms with Gasteiger partial charge in [0.2, 0.25) is 5.78 Å². The Morgan fingerprint density at radius 1 is 1.29 bits per heavy atom. The predicted molar refractivity (Wildman–Crippen MR) is 89.3 cm³/mol. The normalized spacial score (nSPS) is 28.5. The lowest BCUT2D eigenvalue weighted by atomic mass is 9.58. The van der Waals surface area contributed by atoms with Gasteiger partial charge >= 0.3 is 0 Å². The highest BCUT2D eigenvalue weighted by Crippen LogP contribution is 2.55. The molecule has 24 heavy (non-hydrogen) atoms. The number of aromatic hydroxyl groups is 1. The van der Waals surface area contributed by atoms with E-state index in [4.69, 9.17) is 9.47 Å². The second-order valence-corrected chi connectivity index (χ2v) is 6.75. The summed E-state index contributed by atoms with van der Waals surface area (Å²) in [4.78, 5) is 14.6. The van der Waals surface area contributed by atoms with Crippen molar-refractivity contribution in [3.63, 3.8) is 0 Å². The van der Waals surface area contributed by atoms with Gasteiger partial charge in [0.1, 0.15) is 0 Å². The average Bonchev–Trinajstić information content (AvgIpc) is 2.58. The van der Waals surface area contributed by atoms with Crippen LogP contribution in [0.1, 0.15) is 17.5 Å². The van der Waals surface area contributed by atoms with E-state index in [1.54, 1.807) is 13.2 Å². The van der Waals surface area contributed by atoms with Crippen molar-refractivity contribution in [3.8, 4) is 11.5 Å². The van der Waals surface area contributed by atoms with Gasteiger partial charge in [-0.05, 0) is 55.8 Å². The van der Waals surface area contributed by atoms with Crippen LogP contribution in [0, 0.1) is 0 Å². The van der Waals surface area contributed by atoms with Crippen molar-refractivity contribution >= 4 is 5.78 Å². The van der Waals surface area contributed by atoms with Gasteiger partial charge in [0.15, 0.2) is 17.3 Å². The third-order valence-electron chi connectivity index (χ3n) is 5.70. The molecule has 1 heterocycles. The molecular formula is C19H21NO4. The molecule has 1 aromatic carbocycles. The number of methoxy groups -OCH3 is 2. The summed E-state index contributed by atoms with van der Waals surface area (Å²) >= 11 is 0. The van der Waals surface area contributed by atoms with Gasteiger partial charge in [0.05, 0.1) is 14.2 Å². The van der Waals surface area contributed by atoms with E-state index in [-0.39, 0.29) is 17.6 Å². The summed E-state index contributed by atoms with van der Waals surface area (Å²) in [7, 11) is 5.15. The minimum atomic E-state index is -0.497. The summed E-state index contributed by atoms with van der Waals surface area (Å²) in [6.07, 6.45) is 5.18. The topological polar surface area (TPSA) is 59.0 Å². The Morgan fingerprint density at radius 2 is 2.08 bits per heavy atom. The highest BCUT2D eigenvalue weighted by molar-refractivity contribution is 6.05. The number of carbonyl (C=O) groups excluding carboxylic acids is 1. The van der Waals surface area contributed by atoms with Crippen molar-refractivity contribution < 1.29 is 19.4 Å². The van der Waals surface area contributed by atoms with E-state index < -0.39 is 5.41 Å². The van der Waals surface area contributed by atoms with Crippen LogP contribution in [0.3, 0.4) is 0 Å². The molecule has 2 atom stereocenters. The number of rotatable bonds is 2. The molecule has 2 aliphatic carbocycles. The highest BCUT2D eigenvalue weighted by Gasteiger charge is 2.52. The van der Waals surface area contributed by atoms with Gasteiger partial charge in [-0.2, -0.15) is 0 Å². The Balaban J connectivity index is 2.03. The van der Waals surface area contributed by atoms with Crippen LogP contribution in [-0.2, 0) is 21.4 Å². The molecule has 0 amide bonds. The predicted octanol–water partition coefficient (Wildman–Crippen LogP) is 1.94. The van der Waals surface area contributed by atoms with Gasteiger partial charge in [-0.15, -0.1) is 0 Å². The van der Waals surface area contributed by atoms with Crippen molar-refractivity contribution in [1.29, 1.82) is 0 Å². The lowest BCUT2D eigenvalue weighted by Gasteiger charge is -2.52. The van der Waals surface area contributed by atoms with Crippen molar-refractivity contribution in [3.05, 3.63) is 46.7 Å². The first-order chi connectivity index (χ1) is 11.5. The van der Waals surface area contributed by atoms with Crippen LogP contribution in [0.15, 0.2) is 35.6 Å². The Bertz CT molecular complexity index is 795. The van der Waals surface area contributed by atoms with E-state index in [0.717, 1.165) is 36.1 Å². The first kappa shape index (κ1) is 15.3. The summed E-state index contributed by atoms with van der Waals surface area (Å²) in [6.45, 7) is 0.889. The van der Waals surface area contributed by atoms with Gasteiger partial charge in [0.25, 0.3) is 0 Å². The Kier molecular flexibility index (Phi) is 3.25. The fourth-order valence-electron chi connectivity index (χ4n) is 4.50. The fraction of sp³-hybridized carbons (Fsp3) is 0.421. The minimum Gasteiger partial charge on any atom is -0.504 e. The van der Waals surface area contributed by atoms with Gasteiger partial charge in [-0.1, -0.05) is 6.07 Å². The van der Waals surface area contributed by atoms with Crippen molar-refractivity contribution in [2.45, 2.75) is 24.3 Å². The number of hydrogen-bond acceptors (Lipinski definition) is 5. The summed E-state index contributed by atoms with van der Waals surface area (Å²) < 4.78 is 10.6. The first-order valence-electron chi connectivity index (χ1n) is 8.14. The zero-order valence-electron chi connectivity index (χ0n) is 14.1. The molecule has 1 N–H and O–H groups in total. The fourth-order valence-corrected chi connectivity index (χ4v) is 4.50. The quantitative estimate of drug-likeness (QED) is 0.899. The molecule has 2 bridgehead atoms. The molecule has 126 valence electrons. The number of ketones is 1. The number of hydrogen-bond donors (Lipinski definition) is 1. The largest absolute Gasteiger partial charge is 0.504 e. The van der Waals surface area contributed by atoms with Crippen LogP contribution < -0.4 is 4.74 Å².